The molecule has 0 saturated carbocycles. The van der Waals surface area contributed by atoms with E-state index in [0.29, 0.717) is 18.5 Å². The van der Waals surface area contributed by atoms with Crippen molar-refractivity contribution in [1.29, 1.82) is 0 Å². The molecule has 0 atom stereocenters. The fourth-order valence-corrected chi connectivity index (χ4v) is 2.95. The Labute approximate surface area is 105 Å². The SMILES string of the molecule is CC(=O)c1cc2c(cc1S(C)(=O)=O)CCC(=O)N2. The second-order valence-corrected chi connectivity index (χ2v) is 6.37. The molecular weight excluding hydrogens is 254 g/mol. The van der Waals surface area contributed by atoms with E-state index in [-0.39, 0.29) is 22.1 Å². The molecule has 96 valence electrons. The van der Waals surface area contributed by atoms with Crippen LogP contribution in [0.4, 0.5) is 5.69 Å². The fourth-order valence-electron chi connectivity index (χ4n) is 1.99. The Balaban J connectivity index is 2.69. The highest BCUT2D eigenvalue weighted by Gasteiger charge is 2.23. The Morgan fingerprint density at radius 3 is 2.50 bits per heavy atom. The van der Waals surface area contributed by atoms with E-state index in [1.54, 1.807) is 0 Å². The predicted octanol–water partition coefficient (Wildman–Crippen LogP) is 1.18. The molecule has 1 aliphatic heterocycles. The first-order valence-electron chi connectivity index (χ1n) is 5.47. The molecule has 1 heterocycles. The average molecular weight is 267 g/mol. The van der Waals surface area contributed by atoms with Crippen LogP contribution in [0.25, 0.3) is 0 Å². The number of hydrogen-bond acceptors (Lipinski definition) is 4. The molecule has 0 spiro atoms. The van der Waals surface area contributed by atoms with Crippen molar-refractivity contribution in [3.05, 3.63) is 23.3 Å². The van der Waals surface area contributed by atoms with E-state index in [1.807, 2.05) is 0 Å². The molecule has 6 heteroatoms. The zero-order valence-electron chi connectivity index (χ0n) is 10.1. The molecule has 0 aromatic heterocycles. The van der Waals surface area contributed by atoms with Gasteiger partial charge in [-0.25, -0.2) is 8.42 Å². The first-order valence-corrected chi connectivity index (χ1v) is 7.36. The van der Waals surface area contributed by atoms with Crippen LogP contribution >= 0.6 is 0 Å². The zero-order chi connectivity index (χ0) is 13.5. The van der Waals surface area contributed by atoms with Crippen LogP contribution in [0.2, 0.25) is 0 Å². The van der Waals surface area contributed by atoms with Gasteiger partial charge in [0.15, 0.2) is 15.6 Å². The number of benzene rings is 1. The lowest BCUT2D eigenvalue weighted by atomic mass is 9.99. The second kappa shape index (κ2) is 4.20. The van der Waals surface area contributed by atoms with Gasteiger partial charge in [-0.05, 0) is 31.0 Å². The van der Waals surface area contributed by atoms with E-state index in [0.717, 1.165) is 11.8 Å². The fraction of sp³-hybridized carbons (Fsp3) is 0.333. The van der Waals surface area contributed by atoms with Crippen LogP contribution in [-0.2, 0) is 21.1 Å². The molecule has 0 fully saturated rings. The summed E-state index contributed by atoms with van der Waals surface area (Å²) in [6.45, 7) is 1.31. The third kappa shape index (κ3) is 2.28. The first kappa shape index (κ1) is 12.8. The van der Waals surface area contributed by atoms with Crippen molar-refractivity contribution in [2.75, 3.05) is 11.6 Å². The third-order valence-electron chi connectivity index (χ3n) is 2.88. The summed E-state index contributed by atoms with van der Waals surface area (Å²) >= 11 is 0. The monoisotopic (exact) mass is 267 g/mol. The summed E-state index contributed by atoms with van der Waals surface area (Å²) in [6, 6.07) is 2.94. The minimum absolute atomic E-state index is 0.0323. The zero-order valence-corrected chi connectivity index (χ0v) is 10.9. The van der Waals surface area contributed by atoms with Crippen LogP contribution in [0.3, 0.4) is 0 Å². The normalized spacial score (nSPS) is 14.9. The smallest absolute Gasteiger partial charge is 0.224 e. The molecule has 0 bridgehead atoms. The largest absolute Gasteiger partial charge is 0.326 e. The molecular formula is C12H13NO4S. The Kier molecular flexibility index (Phi) is 2.98. The molecule has 1 N–H and O–H groups in total. The molecule has 0 saturated heterocycles. The first-order chi connectivity index (χ1) is 8.29. The van der Waals surface area contributed by atoms with Crippen molar-refractivity contribution in [3.8, 4) is 0 Å². The van der Waals surface area contributed by atoms with E-state index in [2.05, 4.69) is 5.32 Å². The highest BCUT2D eigenvalue weighted by atomic mass is 32.2. The minimum Gasteiger partial charge on any atom is -0.326 e. The van der Waals surface area contributed by atoms with Crippen LogP contribution in [0.5, 0.6) is 0 Å². The summed E-state index contributed by atoms with van der Waals surface area (Å²) in [5.74, 6) is -0.456. The summed E-state index contributed by atoms with van der Waals surface area (Å²) in [7, 11) is -3.46. The van der Waals surface area contributed by atoms with Gasteiger partial charge in [-0.1, -0.05) is 0 Å². The number of ketones is 1. The molecule has 1 aliphatic rings. The van der Waals surface area contributed by atoms with E-state index >= 15 is 0 Å². The number of carbonyl (C=O) groups is 2. The Morgan fingerprint density at radius 1 is 1.28 bits per heavy atom. The molecule has 0 unspecified atom stereocenters. The van der Waals surface area contributed by atoms with Crippen LogP contribution in [-0.4, -0.2) is 26.4 Å². The van der Waals surface area contributed by atoms with Gasteiger partial charge in [-0.2, -0.15) is 0 Å². The van der Waals surface area contributed by atoms with Gasteiger partial charge < -0.3 is 5.32 Å². The number of Topliss-reactive ketones (excluding diaryl/α,β-unsaturated/α-hetero) is 1. The van der Waals surface area contributed by atoms with E-state index in [4.69, 9.17) is 0 Å². The molecule has 1 aromatic rings. The lowest BCUT2D eigenvalue weighted by Crippen LogP contribution is -2.20. The van der Waals surface area contributed by atoms with Gasteiger partial charge in [-0.3, -0.25) is 9.59 Å². The number of fused-ring (bicyclic) bond motifs is 1. The molecule has 1 amide bonds. The molecule has 0 aliphatic carbocycles. The average Bonchev–Trinajstić information content (AvgIpc) is 2.25. The second-order valence-electron chi connectivity index (χ2n) is 4.38. The van der Waals surface area contributed by atoms with Crippen molar-refractivity contribution >= 4 is 27.2 Å². The Bertz CT molecular complexity index is 646. The van der Waals surface area contributed by atoms with Crippen molar-refractivity contribution in [3.63, 3.8) is 0 Å². The van der Waals surface area contributed by atoms with Gasteiger partial charge in [0.2, 0.25) is 5.91 Å². The lowest BCUT2D eigenvalue weighted by Gasteiger charge is -2.19. The third-order valence-corrected chi connectivity index (χ3v) is 4.02. The van der Waals surface area contributed by atoms with Crippen molar-refractivity contribution in [2.24, 2.45) is 0 Å². The maximum Gasteiger partial charge on any atom is 0.224 e. The highest BCUT2D eigenvalue weighted by molar-refractivity contribution is 7.90. The van der Waals surface area contributed by atoms with Gasteiger partial charge in [0.05, 0.1) is 4.90 Å². The molecule has 2 rings (SSSR count). The van der Waals surface area contributed by atoms with E-state index < -0.39 is 9.84 Å². The summed E-state index contributed by atoms with van der Waals surface area (Å²) in [5, 5.41) is 2.65. The Hall–Kier alpha value is -1.69. The van der Waals surface area contributed by atoms with E-state index in [1.165, 1.54) is 19.1 Å². The number of amides is 1. The summed E-state index contributed by atoms with van der Waals surface area (Å²) in [4.78, 5) is 22.8. The van der Waals surface area contributed by atoms with Crippen LogP contribution < -0.4 is 5.32 Å². The van der Waals surface area contributed by atoms with Crippen LogP contribution in [0, 0.1) is 0 Å². The lowest BCUT2D eigenvalue weighted by molar-refractivity contribution is -0.116. The van der Waals surface area contributed by atoms with Gasteiger partial charge >= 0.3 is 0 Å². The summed E-state index contributed by atoms with van der Waals surface area (Å²) < 4.78 is 23.3. The molecule has 5 nitrogen and oxygen atoms in total. The number of sulfone groups is 1. The highest BCUT2D eigenvalue weighted by Crippen LogP contribution is 2.29. The topological polar surface area (TPSA) is 80.3 Å². The summed E-state index contributed by atoms with van der Waals surface area (Å²) in [6.07, 6.45) is 1.89. The van der Waals surface area contributed by atoms with Crippen molar-refractivity contribution in [2.45, 2.75) is 24.7 Å². The molecule has 1 aromatic carbocycles. The number of aryl methyl sites for hydroxylation is 1. The van der Waals surface area contributed by atoms with Crippen molar-refractivity contribution < 1.29 is 18.0 Å². The molecule has 0 radical (unpaired) electrons. The molecule has 18 heavy (non-hydrogen) atoms. The Morgan fingerprint density at radius 2 is 1.94 bits per heavy atom. The van der Waals surface area contributed by atoms with Gasteiger partial charge in [-0.15, -0.1) is 0 Å². The number of rotatable bonds is 2. The minimum atomic E-state index is -3.46. The summed E-state index contributed by atoms with van der Waals surface area (Å²) in [5.41, 5.74) is 1.40. The van der Waals surface area contributed by atoms with Gasteiger partial charge in [0, 0.05) is 23.9 Å². The quantitative estimate of drug-likeness (QED) is 0.816. The van der Waals surface area contributed by atoms with Crippen molar-refractivity contribution in [1.82, 2.24) is 0 Å². The maximum absolute atomic E-state index is 11.7. The number of carbonyl (C=O) groups excluding carboxylic acids is 2. The van der Waals surface area contributed by atoms with Gasteiger partial charge in [0.1, 0.15) is 0 Å². The number of hydrogen-bond donors (Lipinski definition) is 1. The number of nitrogens with one attached hydrogen (secondary N) is 1. The van der Waals surface area contributed by atoms with E-state index in [9.17, 15) is 18.0 Å². The number of anilines is 1. The van der Waals surface area contributed by atoms with Gasteiger partial charge in [0.25, 0.3) is 0 Å². The van der Waals surface area contributed by atoms with Crippen LogP contribution in [0.15, 0.2) is 17.0 Å². The maximum atomic E-state index is 11.7. The standard InChI is InChI=1S/C12H13NO4S/c1-7(14)9-6-10-8(3-4-12(15)13-10)5-11(9)18(2,16)17/h5-6H,3-4H2,1-2H3,(H,13,15). The van der Waals surface area contributed by atoms with Crippen LogP contribution in [0.1, 0.15) is 29.3 Å². The predicted molar refractivity (Wildman–Crippen MR) is 66.5 cm³/mol.